The van der Waals surface area contributed by atoms with E-state index in [-0.39, 0.29) is 5.54 Å². The largest absolute Gasteiger partial charge is 0.496 e. The van der Waals surface area contributed by atoms with Crippen LogP contribution in [0.3, 0.4) is 0 Å². The number of nitrogens with one attached hydrogen (secondary N) is 1. The van der Waals surface area contributed by atoms with Crippen LogP contribution in [0.4, 0.5) is 0 Å². The number of hydrogen-bond acceptors (Lipinski definition) is 3. The summed E-state index contributed by atoms with van der Waals surface area (Å²) >= 11 is 3.48. The Kier molecular flexibility index (Phi) is 5.60. The molecule has 0 saturated heterocycles. The molecule has 0 aromatic carbocycles. The molecular formula is C14H23BrN2O. The quantitative estimate of drug-likeness (QED) is 0.818. The normalized spacial score (nSPS) is 11.7. The minimum Gasteiger partial charge on any atom is -0.496 e. The van der Waals surface area contributed by atoms with Gasteiger partial charge in [-0.15, -0.1) is 0 Å². The number of hydrogen-bond donors (Lipinski definition) is 1. The second kappa shape index (κ2) is 6.53. The summed E-state index contributed by atoms with van der Waals surface area (Å²) in [5.74, 6) is 0.945. The Labute approximate surface area is 118 Å². The lowest BCUT2D eigenvalue weighted by Crippen LogP contribution is -2.39. The topological polar surface area (TPSA) is 34.1 Å². The second-order valence-corrected chi connectivity index (χ2v) is 6.02. The maximum absolute atomic E-state index is 5.42. The van der Waals surface area contributed by atoms with Gasteiger partial charge in [0.05, 0.1) is 12.8 Å². The van der Waals surface area contributed by atoms with Crippen molar-refractivity contribution >= 4 is 15.9 Å². The molecule has 1 rings (SSSR count). The maximum atomic E-state index is 5.42. The van der Waals surface area contributed by atoms with Gasteiger partial charge in [-0.1, -0.05) is 15.9 Å². The summed E-state index contributed by atoms with van der Waals surface area (Å²) in [5.41, 5.74) is 3.37. The van der Waals surface area contributed by atoms with Crippen LogP contribution < -0.4 is 10.1 Å². The molecule has 0 spiro atoms. The van der Waals surface area contributed by atoms with Crippen molar-refractivity contribution in [2.24, 2.45) is 0 Å². The molecule has 4 heteroatoms. The Balaban J connectivity index is 2.80. The Morgan fingerprint density at radius 2 is 2.06 bits per heavy atom. The lowest BCUT2D eigenvalue weighted by atomic mass is 10.0. The average Bonchev–Trinajstić information content (AvgIpc) is 2.28. The van der Waals surface area contributed by atoms with Crippen LogP contribution in [0.1, 0.15) is 37.1 Å². The van der Waals surface area contributed by atoms with E-state index in [0.717, 1.165) is 40.9 Å². The molecule has 1 N–H and O–H groups in total. The minimum atomic E-state index is 0.107. The number of methoxy groups -OCH3 is 1. The highest BCUT2D eigenvalue weighted by molar-refractivity contribution is 9.09. The zero-order valence-corrected chi connectivity index (χ0v) is 13.5. The van der Waals surface area contributed by atoms with E-state index in [1.807, 2.05) is 13.1 Å². The summed E-state index contributed by atoms with van der Waals surface area (Å²) in [7, 11) is 1.71. The first-order valence-electron chi connectivity index (χ1n) is 6.21. The third-order valence-electron chi connectivity index (χ3n) is 3.20. The van der Waals surface area contributed by atoms with Gasteiger partial charge in [0.15, 0.2) is 0 Å². The number of nitrogens with zero attached hydrogens (tertiary/aromatic N) is 1. The molecule has 3 nitrogen and oxygen atoms in total. The van der Waals surface area contributed by atoms with Crippen molar-refractivity contribution in [3.63, 3.8) is 0 Å². The molecule has 0 fully saturated rings. The van der Waals surface area contributed by atoms with Gasteiger partial charge in [0.25, 0.3) is 0 Å². The molecule has 0 aliphatic rings. The van der Waals surface area contributed by atoms with Crippen LogP contribution in [0.5, 0.6) is 5.75 Å². The fourth-order valence-corrected chi connectivity index (χ4v) is 2.89. The third kappa shape index (κ3) is 3.95. The summed E-state index contributed by atoms with van der Waals surface area (Å²) in [6.45, 7) is 9.25. The van der Waals surface area contributed by atoms with E-state index in [1.165, 1.54) is 0 Å². The number of ether oxygens (including phenoxy) is 1. The monoisotopic (exact) mass is 314 g/mol. The fourth-order valence-electron chi connectivity index (χ4n) is 1.90. The molecule has 0 amide bonds. The molecule has 0 aliphatic heterocycles. The van der Waals surface area contributed by atoms with Gasteiger partial charge < -0.3 is 10.1 Å². The van der Waals surface area contributed by atoms with Crippen molar-refractivity contribution in [3.05, 3.63) is 23.0 Å². The number of aromatic nitrogens is 1. The van der Waals surface area contributed by atoms with Crippen LogP contribution in [0.2, 0.25) is 0 Å². The molecule has 18 heavy (non-hydrogen) atoms. The smallest absolute Gasteiger partial charge is 0.128 e. The summed E-state index contributed by atoms with van der Waals surface area (Å²) < 4.78 is 5.42. The fraction of sp³-hybridized carbons (Fsp3) is 0.643. The first kappa shape index (κ1) is 15.4. The molecule has 0 radical (unpaired) electrons. The Morgan fingerprint density at radius 3 is 2.61 bits per heavy atom. The predicted octanol–water partition coefficient (Wildman–Crippen LogP) is 3.36. The van der Waals surface area contributed by atoms with Crippen molar-refractivity contribution in [2.75, 3.05) is 12.4 Å². The second-order valence-electron chi connectivity index (χ2n) is 5.22. The Morgan fingerprint density at radius 1 is 1.39 bits per heavy atom. The van der Waals surface area contributed by atoms with Gasteiger partial charge in [-0.05, 0) is 34.1 Å². The molecule has 0 bridgehead atoms. The van der Waals surface area contributed by atoms with Crippen LogP contribution in [0.15, 0.2) is 6.20 Å². The van der Waals surface area contributed by atoms with Crippen molar-refractivity contribution in [3.8, 4) is 5.75 Å². The van der Waals surface area contributed by atoms with Gasteiger partial charge in [0.1, 0.15) is 5.75 Å². The zero-order valence-electron chi connectivity index (χ0n) is 11.9. The van der Waals surface area contributed by atoms with Crippen LogP contribution in [0, 0.1) is 13.8 Å². The number of aryl methyl sites for hydroxylation is 1. The summed E-state index contributed by atoms with van der Waals surface area (Å²) in [5, 5.41) is 4.54. The van der Waals surface area contributed by atoms with E-state index < -0.39 is 0 Å². The molecule has 1 aromatic rings. The number of alkyl halides is 1. The molecule has 0 saturated carbocycles. The van der Waals surface area contributed by atoms with Crippen molar-refractivity contribution < 1.29 is 4.74 Å². The van der Waals surface area contributed by atoms with Crippen LogP contribution in [0.25, 0.3) is 0 Å². The summed E-state index contributed by atoms with van der Waals surface area (Å²) in [6.07, 6.45) is 2.95. The molecule has 0 aliphatic carbocycles. The Hall–Kier alpha value is -0.610. The molecule has 0 atom stereocenters. The van der Waals surface area contributed by atoms with Gasteiger partial charge in [-0.3, -0.25) is 4.98 Å². The highest BCUT2D eigenvalue weighted by Gasteiger charge is 2.17. The average molecular weight is 315 g/mol. The SMILES string of the molecule is COc1c(C)cnc(CNC(C)(C)CCBr)c1C. The van der Waals surface area contributed by atoms with E-state index in [2.05, 4.69) is 47.0 Å². The number of pyridine rings is 1. The van der Waals surface area contributed by atoms with Crippen LogP contribution in [-0.2, 0) is 6.54 Å². The van der Waals surface area contributed by atoms with Gasteiger partial charge in [-0.25, -0.2) is 0 Å². The molecule has 0 unspecified atom stereocenters. The zero-order chi connectivity index (χ0) is 13.8. The first-order chi connectivity index (χ1) is 8.41. The van der Waals surface area contributed by atoms with Gasteiger partial charge >= 0.3 is 0 Å². The summed E-state index contributed by atoms with van der Waals surface area (Å²) in [4.78, 5) is 4.50. The number of halogens is 1. The maximum Gasteiger partial charge on any atom is 0.128 e. The standard InChI is InChI=1S/C14H23BrN2O/c1-10-8-16-12(11(2)13(10)18-5)9-17-14(3,4)6-7-15/h8,17H,6-7,9H2,1-5H3. The lowest BCUT2D eigenvalue weighted by molar-refractivity contribution is 0.372. The van der Waals surface area contributed by atoms with Crippen molar-refractivity contribution in [1.82, 2.24) is 10.3 Å². The van der Waals surface area contributed by atoms with Gasteiger partial charge in [-0.2, -0.15) is 0 Å². The van der Waals surface area contributed by atoms with Gasteiger partial charge in [0, 0.05) is 34.7 Å². The van der Waals surface area contributed by atoms with Crippen LogP contribution >= 0.6 is 15.9 Å². The molecule has 102 valence electrons. The first-order valence-corrected chi connectivity index (χ1v) is 7.33. The highest BCUT2D eigenvalue weighted by Crippen LogP contribution is 2.24. The van der Waals surface area contributed by atoms with Crippen molar-refractivity contribution in [1.29, 1.82) is 0 Å². The third-order valence-corrected chi connectivity index (χ3v) is 3.60. The highest BCUT2D eigenvalue weighted by atomic mass is 79.9. The van der Waals surface area contributed by atoms with E-state index in [9.17, 15) is 0 Å². The lowest BCUT2D eigenvalue weighted by Gasteiger charge is -2.26. The van der Waals surface area contributed by atoms with Crippen molar-refractivity contribution in [2.45, 2.75) is 46.2 Å². The van der Waals surface area contributed by atoms with E-state index in [0.29, 0.717) is 0 Å². The summed E-state index contributed by atoms with van der Waals surface area (Å²) in [6, 6.07) is 0. The van der Waals surface area contributed by atoms with E-state index >= 15 is 0 Å². The molecule has 1 aromatic heterocycles. The number of rotatable bonds is 6. The Bertz CT molecular complexity index is 405. The minimum absolute atomic E-state index is 0.107. The predicted molar refractivity (Wildman–Crippen MR) is 79.6 cm³/mol. The van der Waals surface area contributed by atoms with E-state index in [4.69, 9.17) is 4.74 Å². The molecule has 1 heterocycles. The van der Waals surface area contributed by atoms with Gasteiger partial charge in [0.2, 0.25) is 0 Å². The van der Waals surface area contributed by atoms with Crippen LogP contribution in [-0.4, -0.2) is 23.0 Å². The molecular weight excluding hydrogens is 292 g/mol. The van der Waals surface area contributed by atoms with E-state index in [1.54, 1.807) is 7.11 Å².